The molecule has 0 spiro atoms. The molecular weight excluding hydrogens is 316 g/mol. The molecule has 2 nitrogen and oxygen atoms in total. The van der Waals surface area contributed by atoms with Gasteiger partial charge in [0.2, 0.25) is 0 Å². The van der Waals surface area contributed by atoms with Crippen molar-refractivity contribution in [3.63, 3.8) is 0 Å². The molecule has 3 heteroatoms. The van der Waals surface area contributed by atoms with E-state index in [0.29, 0.717) is 19.1 Å². The van der Waals surface area contributed by atoms with Gasteiger partial charge in [0.1, 0.15) is 13.2 Å². The lowest BCUT2D eigenvalue weighted by atomic mass is 9.93. The minimum atomic E-state index is 0.251. The first kappa shape index (κ1) is 13.5. The van der Waals surface area contributed by atoms with Crippen molar-refractivity contribution in [1.29, 1.82) is 0 Å². The Kier molecular flexibility index (Phi) is 3.97. The van der Waals surface area contributed by atoms with Gasteiger partial charge in [0.25, 0.3) is 0 Å². The molecule has 2 aromatic carbocycles. The Balaban J connectivity index is 1.85. The SMILES string of the molecule is CC(c1ccccc1)C(Br)c1ccc2c(c1)OCCO2. The van der Waals surface area contributed by atoms with Crippen LogP contribution in [0.15, 0.2) is 48.5 Å². The normalized spacial score (nSPS) is 16.5. The maximum atomic E-state index is 5.65. The largest absolute Gasteiger partial charge is 0.486 e. The number of benzene rings is 2. The molecule has 0 saturated heterocycles. The van der Waals surface area contributed by atoms with Crippen molar-refractivity contribution >= 4 is 15.9 Å². The van der Waals surface area contributed by atoms with Crippen LogP contribution in [-0.4, -0.2) is 13.2 Å². The highest BCUT2D eigenvalue weighted by molar-refractivity contribution is 9.09. The average Bonchev–Trinajstić information content (AvgIpc) is 2.54. The van der Waals surface area contributed by atoms with Crippen LogP contribution >= 0.6 is 15.9 Å². The third-order valence-electron chi connectivity index (χ3n) is 3.65. The molecule has 0 bridgehead atoms. The molecule has 1 aliphatic rings. The molecule has 0 N–H and O–H groups in total. The standard InChI is InChI=1S/C17H17BrO2/c1-12(13-5-3-2-4-6-13)17(18)14-7-8-15-16(11-14)20-10-9-19-15/h2-8,11-12,17H,9-10H2,1H3. The van der Waals surface area contributed by atoms with E-state index in [4.69, 9.17) is 9.47 Å². The fourth-order valence-electron chi connectivity index (χ4n) is 2.45. The van der Waals surface area contributed by atoms with Crippen molar-refractivity contribution in [3.05, 3.63) is 59.7 Å². The minimum Gasteiger partial charge on any atom is -0.486 e. The van der Waals surface area contributed by atoms with Gasteiger partial charge in [0.15, 0.2) is 11.5 Å². The van der Waals surface area contributed by atoms with Crippen molar-refractivity contribution in [3.8, 4) is 11.5 Å². The smallest absolute Gasteiger partial charge is 0.161 e. The number of hydrogen-bond acceptors (Lipinski definition) is 2. The van der Waals surface area contributed by atoms with E-state index in [1.165, 1.54) is 11.1 Å². The van der Waals surface area contributed by atoms with Crippen LogP contribution in [0.3, 0.4) is 0 Å². The van der Waals surface area contributed by atoms with Crippen LogP contribution in [0.25, 0.3) is 0 Å². The molecule has 20 heavy (non-hydrogen) atoms. The van der Waals surface area contributed by atoms with Gasteiger partial charge < -0.3 is 9.47 Å². The van der Waals surface area contributed by atoms with Crippen molar-refractivity contribution in [2.24, 2.45) is 0 Å². The Morgan fingerprint density at radius 1 is 0.900 bits per heavy atom. The van der Waals surface area contributed by atoms with Crippen LogP contribution in [0.1, 0.15) is 28.8 Å². The van der Waals surface area contributed by atoms with Crippen LogP contribution in [-0.2, 0) is 0 Å². The zero-order chi connectivity index (χ0) is 13.9. The molecule has 0 radical (unpaired) electrons. The molecule has 0 saturated carbocycles. The Morgan fingerprint density at radius 2 is 1.60 bits per heavy atom. The van der Waals surface area contributed by atoms with Crippen molar-refractivity contribution in [2.45, 2.75) is 17.7 Å². The summed E-state index contributed by atoms with van der Waals surface area (Å²) in [4.78, 5) is 0.251. The highest BCUT2D eigenvalue weighted by atomic mass is 79.9. The number of alkyl halides is 1. The van der Waals surface area contributed by atoms with Crippen LogP contribution in [0, 0.1) is 0 Å². The summed E-state index contributed by atoms with van der Waals surface area (Å²) in [6, 6.07) is 16.7. The lowest BCUT2D eigenvalue weighted by Crippen LogP contribution is -2.15. The third-order valence-corrected chi connectivity index (χ3v) is 4.97. The maximum absolute atomic E-state index is 5.65. The molecule has 0 amide bonds. The van der Waals surface area contributed by atoms with Gasteiger partial charge in [-0.25, -0.2) is 0 Å². The summed E-state index contributed by atoms with van der Waals surface area (Å²) < 4.78 is 11.2. The van der Waals surface area contributed by atoms with Gasteiger partial charge in [-0.15, -0.1) is 0 Å². The highest BCUT2D eigenvalue weighted by Gasteiger charge is 2.20. The van der Waals surface area contributed by atoms with Gasteiger partial charge in [-0.2, -0.15) is 0 Å². The second kappa shape index (κ2) is 5.88. The van der Waals surface area contributed by atoms with Crippen LogP contribution in [0.2, 0.25) is 0 Å². The number of rotatable bonds is 3. The predicted octanol–water partition coefficient (Wildman–Crippen LogP) is 4.70. The summed E-state index contributed by atoms with van der Waals surface area (Å²) in [5.41, 5.74) is 2.54. The van der Waals surface area contributed by atoms with Crippen molar-refractivity contribution < 1.29 is 9.47 Å². The second-order valence-corrected chi connectivity index (χ2v) is 5.99. The molecule has 1 aliphatic heterocycles. The number of hydrogen-bond donors (Lipinski definition) is 0. The van der Waals surface area contributed by atoms with Gasteiger partial charge >= 0.3 is 0 Å². The average molecular weight is 333 g/mol. The zero-order valence-electron chi connectivity index (χ0n) is 11.4. The first-order valence-electron chi connectivity index (χ1n) is 6.84. The number of fused-ring (bicyclic) bond motifs is 1. The molecule has 0 aliphatic carbocycles. The van der Waals surface area contributed by atoms with Crippen molar-refractivity contribution in [1.82, 2.24) is 0 Å². The third kappa shape index (κ3) is 2.68. The van der Waals surface area contributed by atoms with Gasteiger partial charge in [-0.05, 0) is 29.2 Å². The summed E-state index contributed by atoms with van der Waals surface area (Å²) in [6.07, 6.45) is 0. The predicted molar refractivity (Wildman–Crippen MR) is 84.0 cm³/mol. The Labute approximate surface area is 127 Å². The summed E-state index contributed by atoms with van der Waals surface area (Å²) in [5.74, 6) is 2.07. The van der Waals surface area contributed by atoms with Gasteiger partial charge in [-0.3, -0.25) is 0 Å². The Bertz CT molecular complexity index is 583. The maximum Gasteiger partial charge on any atom is 0.161 e. The second-order valence-electron chi connectivity index (χ2n) is 5.00. The summed E-state index contributed by atoms with van der Waals surface area (Å²) in [5, 5.41) is 0. The first-order chi connectivity index (χ1) is 9.75. The molecule has 0 aromatic heterocycles. The minimum absolute atomic E-state index is 0.251. The molecule has 2 unspecified atom stereocenters. The molecular formula is C17H17BrO2. The van der Waals surface area contributed by atoms with E-state index >= 15 is 0 Å². The fourth-order valence-corrected chi connectivity index (χ4v) is 3.04. The van der Waals surface area contributed by atoms with Gasteiger partial charge in [-0.1, -0.05) is 59.3 Å². The van der Waals surface area contributed by atoms with E-state index in [1.807, 2.05) is 12.1 Å². The van der Waals surface area contributed by atoms with E-state index in [1.54, 1.807) is 0 Å². The Morgan fingerprint density at radius 3 is 2.35 bits per heavy atom. The number of ether oxygens (including phenoxy) is 2. The van der Waals surface area contributed by atoms with E-state index in [-0.39, 0.29) is 4.83 Å². The fraction of sp³-hybridized carbons (Fsp3) is 0.294. The summed E-state index contributed by atoms with van der Waals surface area (Å²) in [6.45, 7) is 3.48. The van der Waals surface area contributed by atoms with E-state index < -0.39 is 0 Å². The topological polar surface area (TPSA) is 18.5 Å². The lowest BCUT2D eigenvalue weighted by Gasteiger charge is -2.23. The van der Waals surface area contributed by atoms with E-state index in [2.05, 4.69) is 59.3 Å². The summed E-state index contributed by atoms with van der Waals surface area (Å²) in [7, 11) is 0. The summed E-state index contributed by atoms with van der Waals surface area (Å²) >= 11 is 3.82. The molecule has 3 rings (SSSR count). The van der Waals surface area contributed by atoms with Crippen LogP contribution < -0.4 is 9.47 Å². The monoisotopic (exact) mass is 332 g/mol. The van der Waals surface area contributed by atoms with Crippen molar-refractivity contribution in [2.75, 3.05) is 13.2 Å². The molecule has 1 heterocycles. The first-order valence-corrected chi connectivity index (χ1v) is 7.76. The van der Waals surface area contributed by atoms with Gasteiger partial charge in [0.05, 0.1) is 0 Å². The van der Waals surface area contributed by atoms with Crippen LogP contribution in [0.5, 0.6) is 11.5 Å². The Hall–Kier alpha value is -1.48. The highest BCUT2D eigenvalue weighted by Crippen LogP contribution is 2.41. The van der Waals surface area contributed by atoms with Crippen LogP contribution in [0.4, 0.5) is 0 Å². The molecule has 2 atom stereocenters. The number of halogens is 1. The quantitative estimate of drug-likeness (QED) is 0.758. The zero-order valence-corrected chi connectivity index (χ0v) is 13.0. The van der Waals surface area contributed by atoms with E-state index in [0.717, 1.165) is 11.5 Å². The van der Waals surface area contributed by atoms with E-state index in [9.17, 15) is 0 Å². The molecule has 2 aromatic rings. The lowest BCUT2D eigenvalue weighted by molar-refractivity contribution is 0.171. The van der Waals surface area contributed by atoms with Gasteiger partial charge in [0, 0.05) is 4.83 Å². The molecule has 0 fully saturated rings. The molecule has 104 valence electrons.